The molecule has 162 valence electrons. The Morgan fingerprint density at radius 2 is 1.84 bits per heavy atom. The summed E-state index contributed by atoms with van der Waals surface area (Å²) in [6, 6.07) is 6.76. The summed E-state index contributed by atoms with van der Waals surface area (Å²) in [6.07, 6.45) is 15.0. The van der Waals surface area contributed by atoms with Crippen LogP contribution in [0.4, 0.5) is 0 Å². The molecule has 1 N–H and O–H groups in total. The summed E-state index contributed by atoms with van der Waals surface area (Å²) < 4.78 is 0. The largest absolute Gasteiger partial charge is 0.393 e. The van der Waals surface area contributed by atoms with Crippen molar-refractivity contribution < 1.29 is 5.11 Å². The smallest absolute Gasteiger partial charge is 0.125 e. The van der Waals surface area contributed by atoms with Crippen LogP contribution in [-0.4, -0.2) is 21.2 Å². The average molecular weight is 415 g/mol. The maximum Gasteiger partial charge on any atom is 0.125 e. The number of nitrogens with zero attached hydrogens (tertiary/aromatic N) is 2. The molecule has 2 fully saturated rings. The molecule has 0 saturated heterocycles. The Morgan fingerprint density at radius 1 is 1.00 bits per heavy atom. The molecule has 3 nitrogen and oxygen atoms in total. The highest BCUT2D eigenvalue weighted by Crippen LogP contribution is 2.66. The van der Waals surface area contributed by atoms with Gasteiger partial charge in [0.1, 0.15) is 5.82 Å². The highest BCUT2D eigenvalue weighted by atomic mass is 16.3. The van der Waals surface area contributed by atoms with E-state index in [9.17, 15) is 5.11 Å². The van der Waals surface area contributed by atoms with Crippen LogP contribution in [0.25, 0.3) is 16.5 Å². The van der Waals surface area contributed by atoms with Crippen LogP contribution in [0.1, 0.15) is 70.2 Å². The van der Waals surface area contributed by atoms with Gasteiger partial charge in [-0.15, -0.1) is 0 Å². The summed E-state index contributed by atoms with van der Waals surface area (Å²) in [7, 11) is 0. The van der Waals surface area contributed by atoms with Gasteiger partial charge in [-0.2, -0.15) is 0 Å². The van der Waals surface area contributed by atoms with Gasteiger partial charge in [0.25, 0.3) is 0 Å². The first-order valence-electron chi connectivity index (χ1n) is 12.2. The first-order valence-corrected chi connectivity index (χ1v) is 12.2. The maximum absolute atomic E-state index is 10.2. The summed E-state index contributed by atoms with van der Waals surface area (Å²) in [5.41, 5.74) is 6.09. The van der Waals surface area contributed by atoms with Crippen LogP contribution in [0, 0.1) is 35.5 Å². The molecule has 4 aliphatic rings. The molecule has 4 aliphatic carbocycles. The number of aryl methyl sites for hydroxylation is 1. The summed E-state index contributed by atoms with van der Waals surface area (Å²) in [5, 5.41) is 11.4. The molecule has 0 amide bonds. The lowest BCUT2D eigenvalue weighted by Gasteiger charge is -2.57. The first kappa shape index (κ1) is 19.7. The quantitative estimate of drug-likeness (QED) is 0.561. The molecule has 3 heteroatoms. The van der Waals surface area contributed by atoms with Gasteiger partial charge in [0.05, 0.1) is 11.6 Å². The second-order valence-electron chi connectivity index (χ2n) is 11.2. The number of fused-ring (bicyclic) bond motifs is 6. The van der Waals surface area contributed by atoms with Gasteiger partial charge in [-0.3, -0.25) is 0 Å². The van der Waals surface area contributed by atoms with Gasteiger partial charge in [-0.1, -0.05) is 37.6 Å². The van der Waals surface area contributed by atoms with Crippen LogP contribution < -0.4 is 0 Å². The van der Waals surface area contributed by atoms with E-state index < -0.39 is 0 Å². The molecule has 6 rings (SSSR count). The molecule has 0 spiro atoms. The van der Waals surface area contributed by atoms with E-state index in [2.05, 4.69) is 54.2 Å². The van der Waals surface area contributed by atoms with Crippen LogP contribution >= 0.6 is 0 Å². The van der Waals surface area contributed by atoms with E-state index in [1.165, 1.54) is 31.2 Å². The number of aromatic nitrogens is 2. The highest BCUT2D eigenvalue weighted by molar-refractivity contribution is 5.84. The Bertz CT molecular complexity index is 1120. The molecular weight excluding hydrogens is 380 g/mol. The van der Waals surface area contributed by atoms with Gasteiger partial charge >= 0.3 is 0 Å². The lowest BCUT2D eigenvalue weighted by Crippen LogP contribution is -2.49. The van der Waals surface area contributed by atoms with Crippen molar-refractivity contribution >= 4 is 16.5 Å². The van der Waals surface area contributed by atoms with E-state index in [4.69, 9.17) is 0 Å². The Labute approximate surface area is 185 Å². The average Bonchev–Trinajstić information content (AvgIpc) is 3.11. The van der Waals surface area contributed by atoms with Crippen molar-refractivity contribution in [3.8, 4) is 0 Å². The fourth-order valence-corrected chi connectivity index (χ4v) is 7.95. The third-order valence-electron chi connectivity index (χ3n) is 9.67. The lowest BCUT2D eigenvalue weighted by molar-refractivity contribution is -0.0238. The van der Waals surface area contributed by atoms with Gasteiger partial charge in [0.2, 0.25) is 0 Å². The van der Waals surface area contributed by atoms with Crippen molar-refractivity contribution in [3.05, 3.63) is 53.5 Å². The van der Waals surface area contributed by atoms with E-state index in [0.29, 0.717) is 5.41 Å². The van der Waals surface area contributed by atoms with Gasteiger partial charge in [-0.25, -0.2) is 9.97 Å². The maximum atomic E-state index is 10.2. The summed E-state index contributed by atoms with van der Waals surface area (Å²) in [4.78, 5) is 9.02. The molecule has 2 saturated carbocycles. The molecule has 1 aromatic heterocycles. The molecule has 31 heavy (non-hydrogen) atoms. The predicted molar refractivity (Wildman–Crippen MR) is 125 cm³/mol. The highest BCUT2D eigenvalue weighted by Gasteiger charge is 2.56. The number of allylic oxidation sites excluding steroid dienone is 3. The second kappa shape index (κ2) is 6.75. The number of aliphatic hydroxyl groups is 1. The van der Waals surface area contributed by atoms with Crippen LogP contribution in [0.2, 0.25) is 0 Å². The van der Waals surface area contributed by atoms with Crippen LogP contribution in [0.5, 0.6) is 0 Å². The lowest BCUT2D eigenvalue weighted by atomic mass is 9.47. The van der Waals surface area contributed by atoms with Gasteiger partial charge < -0.3 is 5.11 Å². The van der Waals surface area contributed by atoms with Crippen molar-refractivity contribution in [3.63, 3.8) is 0 Å². The minimum Gasteiger partial charge on any atom is -0.393 e. The third kappa shape index (κ3) is 2.81. The van der Waals surface area contributed by atoms with E-state index >= 15 is 0 Å². The molecule has 0 unspecified atom stereocenters. The van der Waals surface area contributed by atoms with Crippen LogP contribution in [-0.2, 0) is 0 Å². The molecular formula is C28H34N2O. The Kier molecular flexibility index (Phi) is 4.28. The molecule has 6 atom stereocenters. The van der Waals surface area contributed by atoms with Crippen LogP contribution in [0.15, 0.2) is 42.1 Å². The van der Waals surface area contributed by atoms with Gasteiger partial charge in [0, 0.05) is 11.6 Å². The summed E-state index contributed by atoms with van der Waals surface area (Å²) in [6.45, 7) is 7.00. The van der Waals surface area contributed by atoms with Gasteiger partial charge in [-0.05, 0) is 104 Å². The van der Waals surface area contributed by atoms with Gasteiger partial charge in [0.15, 0.2) is 0 Å². The zero-order valence-corrected chi connectivity index (χ0v) is 19.1. The Hall–Kier alpha value is -2.00. The molecule has 1 heterocycles. The van der Waals surface area contributed by atoms with Crippen LogP contribution in [0.3, 0.4) is 0 Å². The van der Waals surface area contributed by atoms with Crippen molar-refractivity contribution in [1.29, 1.82) is 0 Å². The standard InChI is InChI=1S/C28H34N2O/c1-17-29-16-19-14-18(4-9-26(19)30-17)23-7-8-24-22-6-5-20-15-21(31)10-12-27(20,2)25(22)11-13-28(23,24)3/h4-5,7,9,14,16,21-22,24-25,31H,6,8,10-13,15H2,1-3H3/t21-,22-,24-,25-,27-,28+/m0/s1. The predicted octanol–water partition coefficient (Wildman–Crippen LogP) is 6.26. The number of rotatable bonds is 1. The minimum atomic E-state index is -0.120. The Balaban J connectivity index is 1.33. The van der Waals surface area contributed by atoms with Crippen molar-refractivity contribution in [2.75, 3.05) is 0 Å². The topological polar surface area (TPSA) is 46.0 Å². The SMILES string of the molecule is Cc1ncc2cc(C3=CC[C@H]4[C@@H]5CC=C6C[C@@H](O)CC[C@]6(C)[C@H]5CC[C@]34C)ccc2n1. The molecule has 1 aromatic carbocycles. The van der Waals surface area contributed by atoms with Crippen molar-refractivity contribution in [2.45, 2.75) is 71.8 Å². The zero-order chi connectivity index (χ0) is 21.4. The fraction of sp³-hybridized carbons (Fsp3) is 0.571. The number of hydrogen-bond donors (Lipinski definition) is 1. The first-order chi connectivity index (χ1) is 14.9. The molecule has 0 radical (unpaired) electrons. The number of aliphatic hydroxyl groups excluding tert-OH is 1. The minimum absolute atomic E-state index is 0.120. The number of hydrogen-bond acceptors (Lipinski definition) is 3. The number of benzene rings is 1. The summed E-state index contributed by atoms with van der Waals surface area (Å²) >= 11 is 0. The zero-order valence-electron chi connectivity index (χ0n) is 19.1. The fourth-order valence-electron chi connectivity index (χ4n) is 7.95. The molecule has 0 aliphatic heterocycles. The Morgan fingerprint density at radius 3 is 2.71 bits per heavy atom. The van der Waals surface area contributed by atoms with Crippen molar-refractivity contribution in [2.24, 2.45) is 28.6 Å². The summed E-state index contributed by atoms with van der Waals surface area (Å²) in [5.74, 6) is 3.11. The van der Waals surface area contributed by atoms with E-state index in [0.717, 1.165) is 53.7 Å². The van der Waals surface area contributed by atoms with Crippen molar-refractivity contribution in [1.82, 2.24) is 9.97 Å². The molecule has 2 aromatic rings. The second-order valence-corrected chi connectivity index (χ2v) is 11.2. The van der Waals surface area contributed by atoms with E-state index in [1.54, 1.807) is 11.1 Å². The molecule has 0 bridgehead atoms. The monoisotopic (exact) mass is 414 g/mol. The third-order valence-corrected chi connectivity index (χ3v) is 9.67. The normalized spacial score (nSPS) is 39.4. The van der Waals surface area contributed by atoms with E-state index in [1.807, 2.05) is 13.1 Å². The van der Waals surface area contributed by atoms with E-state index in [-0.39, 0.29) is 11.5 Å².